The molecule has 2 rings (SSSR count). The SMILES string of the molecule is CN1CC[C@@H](NC(=O)NCc2ccncn2)C1. The first-order chi connectivity index (χ1) is 8.24. The van der Waals surface area contributed by atoms with E-state index in [-0.39, 0.29) is 12.1 Å². The zero-order valence-corrected chi connectivity index (χ0v) is 9.89. The zero-order chi connectivity index (χ0) is 12.1. The van der Waals surface area contributed by atoms with Gasteiger partial charge in [0.2, 0.25) is 0 Å². The number of hydrogen-bond acceptors (Lipinski definition) is 4. The first-order valence-electron chi connectivity index (χ1n) is 5.72. The van der Waals surface area contributed by atoms with Crippen molar-refractivity contribution in [2.45, 2.75) is 19.0 Å². The number of amides is 2. The lowest BCUT2D eigenvalue weighted by atomic mass is 10.3. The first kappa shape index (κ1) is 11.8. The molecule has 1 aromatic rings. The zero-order valence-electron chi connectivity index (χ0n) is 9.89. The van der Waals surface area contributed by atoms with E-state index >= 15 is 0 Å². The van der Waals surface area contributed by atoms with Crippen LogP contribution >= 0.6 is 0 Å². The van der Waals surface area contributed by atoms with Gasteiger partial charge in [0.1, 0.15) is 6.33 Å². The van der Waals surface area contributed by atoms with Crippen molar-refractivity contribution in [1.29, 1.82) is 0 Å². The second kappa shape index (κ2) is 5.58. The van der Waals surface area contributed by atoms with E-state index in [0.29, 0.717) is 6.54 Å². The fourth-order valence-corrected chi connectivity index (χ4v) is 1.88. The highest BCUT2D eigenvalue weighted by Gasteiger charge is 2.20. The van der Waals surface area contributed by atoms with E-state index in [0.717, 1.165) is 25.2 Å². The average molecular weight is 235 g/mol. The van der Waals surface area contributed by atoms with Crippen LogP contribution in [0.25, 0.3) is 0 Å². The van der Waals surface area contributed by atoms with E-state index in [1.165, 1.54) is 6.33 Å². The highest BCUT2D eigenvalue weighted by Crippen LogP contribution is 2.05. The Hall–Kier alpha value is -1.69. The van der Waals surface area contributed by atoms with Gasteiger partial charge in [0.05, 0.1) is 12.2 Å². The van der Waals surface area contributed by atoms with Crippen LogP contribution in [0.15, 0.2) is 18.6 Å². The molecule has 1 saturated heterocycles. The average Bonchev–Trinajstić information content (AvgIpc) is 2.73. The largest absolute Gasteiger partial charge is 0.334 e. The summed E-state index contributed by atoms with van der Waals surface area (Å²) in [5.74, 6) is 0. The number of hydrogen-bond donors (Lipinski definition) is 2. The third-order valence-electron chi connectivity index (χ3n) is 2.80. The second-order valence-corrected chi connectivity index (χ2v) is 4.28. The molecule has 0 bridgehead atoms. The fraction of sp³-hybridized carbons (Fsp3) is 0.545. The number of likely N-dealkylation sites (N-methyl/N-ethyl adjacent to an activating group) is 1. The number of rotatable bonds is 3. The number of nitrogens with zero attached hydrogens (tertiary/aromatic N) is 3. The van der Waals surface area contributed by atoms with Crippen molar-refractivity contribution in [3.8, 4) is 0 Å². The summed E-state index contributed by atoms with van der Waals surface area (Å²) in [7, 11) is 2.06. The molecule has 0 radical (unpaired) electrons. The van der Waals surface area contributed by atoms with Crippen molar-refractivity contribution < 1.29 is 4.79 Å². The Balaban J connectivity index is 1.71. The molecular weight excluding hydrogens is 218 g/mol. The monoisotopic (exact) mass is 235 g/mol. The van der Waals surface area contributed by atoms with Crippen LogP contribution in [-0.2, 0) is 6.54 Å². The number of aromatic nitrogens is 2. The van der Waals surface area contributed by atoms with E-state index in [9.17, 15) is 4.79 Å². The second-order valence-electron chi connectivity index (χ2n) is 4.28. The maximum absolute atomic E-state index is 11.6. The normalized spacial score (nSPS) is 20.2. The van der Waals surface area contributed by atoms with Gasteiger partial charge >= 0.3 is 6.03 Å². The van der Waals surface area contributed by atoms with Crippen molar-refractivity contribution in [3.05, 3.63) is 24.3 Å². The van der Waals surface area contributed by atoms with Gasteiger partial charge in [-0.05, 0) is 26.1 Å². The molecule has 1 atom stereocenters. The first-order valence-corrected chi connectivity index (χ1v) is 5.72. The van der Waals surface area contributed by atoms with Gasteiger partial charge in [-0.2, -0.15) is 0 Å². The number of carbonyl (C=O) groups excluding carboxylic acids is 1. The molecule has 0 spiro atoms. The predicted molar refractivity (Wildman–Crippen MR) is 63.3 cm³/mol. The molecule has 0 saturated carbocycles. The summed E-state index contributed by atoms with van der Waals surface area (Å²) in [6, 6.07) is 1.90. The standard InChI is InChI=1S/C11H17N5O/c1-16-5-3-10(7-16)15-11(17)13-6-9-2-4-12-8-14-9/h2,4,8,10H,3,5-7H2,1H3,(H2,13,15,17)/t10-/m1/s1. The van der Waals surface area contributed by atoms with Crippen LogP contribution in [0.3, 0.4) is 0 Å². The quantitative estimate of drug-likeness (QED) is 0.772. The molecule has 0 aliphatic carbocycles. The van der Waals surface area contributed by atoms with Gasteiger partial charge in [0.25, 0.3) is 0 Å². The molecule has 6 nitrogen and oxygen atoms in total. The van der Waals surface area contributed by atoms with Crippen LogP contribution < -0.4 is 10.6 Å². The molecule has 92 valence electrons. The Kier molecular flexibility index (Phi) is 3.87. The Morgan fingerprint density at radius 1 is 1.65 bits per heavy atom. The minimum atomic E-state index is -0.135. The van der Waals surface area contributed by atoms with Crippen molar-refractivity contribution in [2.75, 3.05) is 20.1 Å². The van der Waals surface area contributed by atoms with E-state index in [4.69, 9.17) is 0 Å². The summed E-state index contributed by atoms with van der Waals surface area (Å²) < 4.78 is 0. The van der Waals surface area contributed by atoms with Crippen molar-refractivity contribution in [3.63, 3.8) is 0 Å². The summed E-state index contributed by atoms with van der Waals surface area (Å²) in [6.45, 7) is 2.38. The molecule has 0 aromatic carbocycles. The van der Waals surface area contributed by atoms with Gasteiger partial charge in [0, 0.05) is 18.8 Å². The van der Waals surface area contributed by atoms with Gasteiger partial charge in [-0.3, -0.25) is 0 Å². The van der Waals surface area contributed by atoms with Crippen molar-refractivity contribution >= 4 is 6.03 Å². The van der Waals surface area contributed by atoms with Gasteiger partial charge < -0.3 is 15.5 Å². The molecule has 1 fully saturated rings. The molecule has 1 aliphatic rings. The molecule has 2 amide bonds. The summed E-state index contributed by atoms with van der Waals surface area (Å²) in [6.07, 6.45) is 4.14. The molecule has 1 aromatic heterocycles. The van der Waals surface area contributed by atoms with Gasteiger partial charge in [-0.25, -0.2) is 14.8 Å². The maximum Gasteiger partial charge on any atom is 0.315 e. The van der Waals surface area contributed by atoms with Crippen molar-refractivity contribution in [1.82, 2.24) is 25.5 Å². The molecule has 1 aliphatic heterocycles. The van der Waals surface area contributed by atoms with Gasteiger partial charge in [-0.15, -0.1) is 0 Å². The minimum Gasteiger partial charge on any atom is -0.334 e. The van der Waals surface area contributed by atoms with Crippen LogP contribution in [-0.4, -0.2) is 47.1 Å². The maximum atomic E-state index is 11.6. The Morgan fingerprint density at radius 3 is 3.18 bits per heavy atom. The topological polar surface area (TPSA) is 70.2 Å². The summed E-state index contributed by atoms with van der Waals surface area (Å²) >= 11 is 0. The highest BCUT2D eigenvalue weighted by atomic mass is 16.2. The minimum absolute atomic E-state index is 0.135. The van der Waals surface area contributed by atoms with Crippen molar-refractivity contribution in [2.24, 2.45) is 0 Å². The van der Waals surface area contributed by atoms with Crippen LogP contribution in [0, 0.1) is 0 Å². The number of likely N-dealkylation sites (tertiary alicyclic amines) is 1. The predicted octanol–water partition coefficient (Wildman–Crippen LogP) is -0.0201. The third kappa shape index (κ3) is 3.67. The lowest BCUT2D eigenvalue weighted by Crippen LogP contribution is -2.42. The highest BCUT2D eigenvalue weighted by molar-refractivity contribution is 5.74. The fourth-order valence-electron chi connectivity index (χ4n) is 1.88. The van der Waals surface area contributed by atoms with E-state index in [2.05, 4.69) is 32.5 Å². The molecule has 2 N–H and O–H groups in total. The summed E-state index contributed by atoms with van der Waals surface area (Å²) in [4.78, 5) is 21.7. The van der Waals surface area contributed by atoms with Crippen LogP contribution in [0.1, 0.15) is 12.1 Å². The summed E-state index contributed by atoms with van der Waals surface area (Å²) in [5, 5.41) is 5.73. The van der Waals surface area contributed by atoms with Crippen LogP contribution in [0.5, 0.6) is 0 Å². The number of nitrogens with one attached hydrogen (secondary N) is 2. The molecular formula is C11H17N5O. The van der Waals surface area contributed by atoms with E-state index in [1.807, 2.05) is 0 Å². The molecule has 2 heterocycles. The van der Waals surface area contributed by atoms with Crippen LogP contribution in [0.4, 0.5) is 4.79 Å². The molecule has 6 heteroatoms. The third-order valence-corrected chi connectivity index (χ3v) is 2.80. The lowest BCUT2D eigenvalue weighted by Gasteiger charge is -2.13. The molecule has 17 heavy (non-hydrogen) atoms. The number of carbonyl (C=O) groups is 1. The smallest absolute Gasteiger partial charge is 0.315 e. The molecule has 0 unspecified atom stereocenters. The van der Waals surface area contributed by atoms with E-state index in [1.54, 1.807) is 12.3 Å². The Bertz CT molecular complexity index is 369. The van der Waals surface area contributed by atoms with Gasteiger partial charge in [-0.1, -0.05) is 0 Å². The Labute approximate surface area is 100 Å². The van der Waals surface area contributed by atoms with Crippen LogP contribution in [0.2, 0.25) is 0 Å². The summed E-state index contributed by atoms with van der Waals surface area (Å²) in [5.41, 5.74) is 0.804. The number of urea groups is 1. The van der Waals surface area contributed by atoms with E-state index < -0.39 is 0 Å². The Morgan fingerprint density at radius 2 is 2.53 bits per heavy atom. The lowest BCUT2D eigenvalue weighted by molar-refractivity contribution is 0.236. The van der Waals surface area contributed by atoms with Gasteiger partial charge in [0.15, 0.2) is 0 Å².